The van der Waals surface area contributed by atoms with Gasteiger partial charge in [0.2, 0.25) is 0 Å². The second kappa shape index (κ2) is 7.25. The molecule has 0 unspecified atom stereocenters. The third kappa shape index (κ3) is 4.70. The summed E-state index contributed by atoms with van der Waals surface area (Å²) in [7, 11) is 0. The number of hydrogen-bond donors (Lipinski definition) is 2. The SMILES string of the molecule is O=C(NC(=S)NCc1ccccc1)Oc1ccccc1. The molecule has 2 aromatic carbocycles. The van der Waals surface area contributed by atoms with E-state index in [0.717, 1.165) is 5.56 Å². The van der Waals surface area contributed by atoms with Gasteiger partial charge in [0, 0.05) is 6.54 Å². The second-order valence-electron chi connectivity index (χ2n) is 4.00. The van der Waals surface area contributed by atoms with Gasteiger partial charge in [-0.15, -0.1) is 0 Å². The van der Waals surface area contributed by atoms with Crippen LogP contribution in [0.4, 0.5) is 4.79 Å². The summed E-state index contributed by atoms with van der Waals surface area (Å²) in [6.45, 7) is 0.547. The van der Waals surface area contributed by atoms with Crippen molar-refractivity contribution in [1.29, 1.82) is 0 Å². The highest BCUT2D eigenvalue weighted by atomic mass is 32.1. The fourth-order valence-corrected chi connectivity index (χ4v) is 1.69. The van der Waals surface area contributed by atoms with Crippen molar-refractivity contribution in [2.45, 2.75) is 6.54 Å². The molecular weight excluding hydrogens is 272 g/mol. The summed E-state index contributed by atoms with van der Waals surface area (Å²) < 4.78 is 5.06. The van der Waals surface area contributed by atoms with Gasteiger partial charge in [0.25, 0.3) is 0 Å². The van der Waals surface area contributed by atoms with Gasteiger partial charge in [-0.05, 0) is 29.9 Å². The van der Waals surface area contributed by atoms with Crippen LogP contribution in [-0.4, -0.2) is 11.2 Å². The number of rotatable bonds is 3. The van der Waals surface area contributed by atoms with Crippen LogP contribution in [0.2, 0.25) is 0 Å². The number of carbonyl (C=O) groups is 1. The average Bonchev–Trinajstić information content (AvgIpc) is 2.47. The highest BCUT2D eigenvalue weighted by Crippen LogP contribution is 2.07. The van der Waals surface area contributed by atoms with Gasteiger partial charge in [-0.1, -0.05) is 48.5 Å². The Morgan fingerprint density at radius 1 is 1.00 bits per heavy atom. The minimum Gasteiger partial charge on any atom is -0.410 e. The van der Waals surface area contributed by atoms with Crippen LogP contribution in [0.15, 0.2) is 60.7 Å². The largest absolute Gasteiger partial charge is 0.418 e. The highest BCUT2D eigenvalue weighted by molar-refractivity contribution is 7.80. The van der Waals surface area contributed by atoms with E-state index >= 15 is 0 Å². The molecule has 102 valence electrons. The summed E-state index contributed by atoms with van der Waals surface area (Å²) in [6, 6.07) is 18.6. The second-order valence-corrected chi connectivity index (χ2v) is 4.40. The minimum atomic E-state index is -0.609. The first-order valence-corrected chi connectivity index (χ1v) is 6.50. The van der Waals surface area contributed by atoms with Crippen molar-refractivity contribution in [3.8, 4) is 5.75 Å². The van der Waals surface area contributed by atoms with E-state index in [1.54, 1.807) is 24.3 Å². The third-order valence-electron chi connectivity index (χ3n) is 2.47. The molecule has 5 heteroatoms. The smallest absolute Gasteiger partial charge is 0.410 e. The van der Waals surface area contributed by atoms with Crippen LogP contribution >= 0.6 is 12.2 Å². The highest BCUT2D eigenvalue weighted by Gasteiger charge is 2.06. The maximum atomic E-state index is 11.6. The van der Waals surface area contributed by atoms with E-state index in [0.29, 0.717) is 12.3 Å². The van der Waals surface area contributed by atoms with E-state index < -0.39 is 6.09 Å². The molecule has 0 atom stereocenters. The average molecular weight is 286 g/mol. The van der Waals surface area contributed by atoms with Crippen molar-refractivity contribution in [1.82, 2.24) is 10.6 Å². The van der Waals surface area contributed by atoms with E-state index in [4.69, 9.17) is 17.0 Å². The van der Waals surface area contributed by atoms with Crippen molar-refractivity contribution >= 4 is 23.4 Å². The molecule has 20 heavy (non-hydrogen) atoms. The molecular formula is C15H14N2O2S. The number of ether oxygens (including phenoxy) is 1. The van der Waals surface area contributed by atoms with Crippen molar-refractivity contribution in [3.63, 3.8) is 0 Å². The summed E-state index contributed by atoms with van der Waals surface area (Å²) in [6.07, 6.45) is -0.609. The predicted molar refractivity (Wildman–Crippen MR) is 81.5 cm³/mol. The Morgan fingerprint density at radius 2 is 1.60 bits per heavy atom. The van der Waals surface area contributed by atoms with Crippen LogP contribution in [0.1, 0.15) is 5.56 Å². The Labute approximate surface area is 122 Å². The monoisotopic (exact) mass is 286 g/mol. The molecule has 2 N–H and O–H groups in total. The molecule has 0 heterocycles. The van der Waals surface area contributed by atoms with Crippen molar-refractivity contribution in [2.24, 2.45) is 0 Å². The fraction of sp³-hybridized carbons (Fsp3) is 0.0667. The van der Waals surface area contributed by atoms with Gasteiger partial charge in [-0.25, -0.2) is 4.79 Å². The number of thiocarbonyl (C=S) groups is 1. The first kappa shape index (κ1) is 14.0. The summed E-state index contributed by atoms with van der Waals surface area (Å²) >= 11 is 5.02. The molecule has 0 saturated heterocycles. The Morgan fingerprint density at radius 3 is 2.25 bits per heavy atom. The van der Waals surface area contributed by atoms with Crippen molar-refractivity contribution in [3.05, 3.63) is 66.2 Å². The molecule has 0 saturated carbocycles. The first-order valence-electron chi connectivity index (χ1n) is 6.09. The van der Waals surface area contributed by atoms with Crippen molar-refractivity contribution < 1.29 is 9.53 Å². The molecule has 0 radical (unpaired) electrons. The van der Waals surface area contributed by atoms with Crippen LogP contribution < -0.4 is 15.4 Å². The first-order chi connectivity index (χ1) is 9.74. The number of carbonyl (C=O) groups excluding carboxylic acids is 1. The zero-order valence-corrected chi connectivity index (χ0v) is 11.5. The van der Waals surface area contributed by atoms with E-state index in [-0.39, 0.29) is 5.11 Å². The van der Waals surface area contributed by atoms with Gasteiger partial charge in [0.1, 0.15) is 5.75 Å². The molecule has 0 aromatic heterocycles. The Kier molecular flexibility index (Phi) is 5.08. The van der Waals surface area contributed by atoms with Crippen molar-refractivity contribution in [2.75, 3.05) is 0 Å². The molecule has 0 bridgehead atoms. The van der Waals surface area contributed by atoms with Crippen LogP contribution in [0.3, 0.4) is 0 Å². The topological polar surface area (TPSA) is 50.4 Å². The standard InChI is InChI=1S/C15H14N2O2S/c18-15(19-13-9-5-2-6-10-13)17-14(20)16-11-12-7-3-1-4-8-12/h1-10H,11H2,(H2,16,17,18,20). The minimum absolute atomic E-state index is 0.231. The van der Waals surface area contributed by atoms with Crippen LogP contribution in [0.25, 0.3) is 0 Å². The number of hydrogen-bond acceptors (Lipinski definition) is 3. The molecule has 0 aliphatic rings. The zero-order chi connectivity index (χ0) is 14.2. The lowest BCUT2D eigenvalue weighted by molar-refractivity contribution is 0.206. The Balaban J connectivity index is 1.75. The quantitative estimate of drug-likeness (QED) is 0.852. The summed E-state index contributed by atoms with van der Waals surface area (Å²) in [4.78, 5) is 11.6. The normalized spacial score (nSPS) is 9.60. The van der Waals surface area contributed by atoms with Crippen LogP contribution in [0.5, 0.6) is 5.75 Å². The molecule has 2 rings (SSSR count). The van der Waals surface area contributed by atoms with Gasteiger partial charge in [0.05, 0.1) is 0 Å². The lowest BCUT2D eigenvalue weighted by Gasteiger charge is -2.09. The lowest BCUT2D eigenvalue weighted by atomic mass is 10.2. The molecule has 4 nitrogen and oxygen atoms in total. The molecule has 0 aliphatic carbocycles. The van der Waals surface area contributed by atoms with Gasteiger partial charge in [0.15, 0.2) is 5.11 Å². The van der Waals surface area contributed by atoms with Crippen LogP contribution in [0, 0.1) is 0 Å². The number of para-hydroxylation sites is 1. The molecule has 0 spiro atoms. The van der Waals surface area contributed by atoms with Crippen LogP contribution in [-0.2, 0) is 6.54 Å². The molecule has 2 aromatic rings. The summed E-state index contributed by atoms with van der Waals surface area (Å²) in [5, 5.41) is 5.62. The van der Waals surface area contributed by atoms with E-state index in [1.807, 2.05) is 36.4 Å². The Hall–Kier alpha value is -2.40. The van der Waals surface area contributed by atoms with Gasteiger partial charge < -0.3 is 10.1 Å². The fourth-order valence-electron chi connectivity index (χ4n) is 1.54. The van der Waals surface area contributed by atoms with Gasteiger partial charge >= 0.3 is 6.09 Å². The van der Waals surface area contributed by atoms with Gasteiger partial charge in [-0.3, -0.25) is 5.32 Å². The van der Waals surface area contributed by atoms with Gasteiger partial charge in [-0.2, -0.15) is 0 Å². The summed E-state index contributed by atoms with van der Waals surface area (Å²) in [5.74, 6) is 0.468. The maximum absolute atomic E-state index is 11.6. The van der Waals surface area contributed by atoms with E-state index in [2.05, 4.69) is 10.6 Å². The lowest BCUT2D eigenvalue weighted by Crippen LogP contribution is -2.40. The molecule has 0 aliphatic heterocycles. The zero-order valence-electron chi connectivity index (χ0n) is 10.7. The summed E-state index contributed by atoms with van der Waals surface area (Å²) in [5.41, 5.74) is 1.08. The molecule has 0 fully saturated rings. The Bertz CT molecular complexity index is 573. The maximum Gasteiger partial charge on any atom is 0.418 e. The predicted octanol–water partition coefficient (Wildman–Crippen LogP) is 2.85. The number of benzene rings is 2. The molecule has 1 amide bonds. The third-order valence-corrected chi connectivity index (χ3v) is 2.71. The number of nitrogens with one attached hydrogen (secondary N) is 2. The van der Waals surface area contributed by atoms with E-state index in [1.165, 1.54) is 0 Å². The van der Waals surface area contributed by atoms with E-state index in [9.17, 15) is 4.79 Å². The number of amides is 1.